The van der Waals surface area contributed by atoms with Gasteiger partial charge in [-0.2, -0.15) is 0 Å². The Hall–Kier alpha value is -1.02. The molecular weight excluding hydrogens is 198 g/mol. The van der Waals surface area contributed by atoms with Crippen LogP contribution in [0.2, 0.25) is 0 Å². The lowest BCUT2D eigenvalue weighted by atomic mass is 9.94. The molecule has 0 aromatic heterocycles. The van der Waals surface area contributed by atoms with Crippen molar-refractivity contribution in [2.45, 2.75) is 32.8 Å². The average Bonchev–Trinajstić information content (AvgIpc) is 2.25. The standard InChI is InChI=1S/C14H21NO/c1-11-9-13-5-3-4-6-14(13)15(10-11)8-7-12(2)16/h3-6,11-12,16H,7-10H2,1-2H3. The van der Waals surface area contributed by atoms with Crippen LogP contribution in [0.25, 0.3) is 0 Å². The van der Waals surface area contributed by atoms with Crippen molar-refractivity contribution in [3.8, 4) is 0 Å². The Morgan fingerprint density at radius 3 is 2.94 bits per heavy atom. The third-order valence-electron chi connectivity index (χ3n) is 3.25. The molecule has 0 radical (unpaired) electrons. The molecule has 16 heavy (non-hydrogen) atoms. The van der Waals surface area contributed by atoms with Crippen LogP contribution < -0.4 is 4.90 Å². The van der Waals surface area contributed by atoms with Gasteiger partial charge in [-0.05, 0) is 37.3 Å². The Kier molecular flexibility index (Phi) is 3.49. The van der Waals surface area contributed by atoms with Crippen LogP contribution in [0.3, 0.4) is 0 Å². The van der Waals surface area contributed by atoms with Crippen molar-refractivity contribution in [2.24, 2.45) is 5.92 Å². The van der Waals surface area contributed by atoms with E-state index in [2.05, 4.69) is 36.1 Å². The molecule has 1 aromatic carbocycles. The molecule has 0 fully saturated rings. The van der Waals surface area contributed by atoms with E-state index in [0.29, 0.717) is 5.92 Å². The normalized spacial score (nSPS) is 21.7. The Morgan fingerprint density at radius 1 is 1.44 bits per heavy atom. The minimum atomic E-state index is -0.204. The van der Waals surface area contributed by atoms with Gasteiger partial charge in [0.25, 0.3) is 0 Å². The van der Waals surface area contributed by atoms with Crippen molar-refractivity contribution >= 4 is 5.69 Å². The van der Waals surface area contributed by atoms with Gasteiger partial charge in [0.05, 0.1) is 6.10 Å². The first-order valence-electron chi connectivity index (χ1n) is 6.17. The van der Waals surface area contributed by atoms with Gasteiger partial charge in [-0.1, -0.05) is 25.1 Å². The maximum absolute atomic E-state index is 9.37. The summed E-state index contributed by atoms with van der Waals surface area (Å²) in [5.41, 5.74) is 2.81. The third kappa shape index (κ3) is 2.56. The van der Waals surface area contributed by atoms with E-state index < -0.39 is 0 Å². The number of hydrogen-bond donors (Lipinski definition) is 1. The highest BCUT2D eigenvalue weighted by atomic mass is 16.3. The van der Waals surface area contributed by atoms with Crippen molar-refractivity contribution in [1.82, 2.24) is 0 Å². The minimum absolute atomic E-state index is 0.204. The van der Waals surface area contributed by atoms with Gasteiger partial charge in [0.15, 0.2) is 0 Å². The topological polar surface area (TPSA) is 23.5 Å². The number of hydrogen-bond acceptors (Lipinski definition) is 2. The number of aliphatic hydroxyl groups excluding tert-OH is 1. The molecule has 0 saturated carbocycles. The molecule has 0 amide bonds. The monoisotopic (exact) mass is 219 g/mol. The largest absolute Gasteiger partial charge is 0.393 e. The first-order valence-corrected chi connectivity index (χ1v) is 6.17. The highest BCUT2D eigenvalue weighted by Gasteiger charge is 2.20. The van der Waals surface area contributed by atoms with E-state index in [1.807, 2.05) is 6.92 Å². The summed E-state index contributed by atoms with van der Waals surface area (Å²) in [4.78, 5) is 2.41. The summed E-state index contributed by atoms with van der Waals surface area (Å²) >= 11 is 0. The molecule has 1 heterocycles. The minimum Gasteiger partial charge on any atom is -0.393 e. The van der Waals surface area contributed by atoms with E-state index in [1.54, 1.807) is 0 Å². The molecular formula is C14H21NO. The number of anilines is 1. The Labute approximate surface area is 97.9 Å². The molecule has 0 spiro atoms. The first-order chi connectivity index (χ1) is 7.66. The average molecular weight is 219 g/mol. The molecule has 2 unspecified atom stereocenters. The zero-order valence-corrected chi connectivity index (χ0v) is 10.2. The number of rotatable bonds is 3. The van der Waals surface area contributed by atoms with Crippen LogP contribution in [0.1, 0.15) is 25.8 Å². The van der Waals surface area contributed by atoms with Crippen LogP contribution >= 0.6 is 0 Å². The Morgan fingerprint density at radius 2 is 2.19 bits per heavy atom. The fraction of sp³-hybridized carbons (Fsp3) is 0.571. The molecule has 1 aliphatic rings. The molecule has 1 aliphatic heterocycles. The van der Waals surface area contributed by atoms with Crippen molar-refractivity contribution in [3.63, 3.8) is 0 Å². The summed E-state index contributed by atoms with van der Waals surface area (Å²) in [6.07, 6.45) is 1.83. The predicted octanol–water partition coefficient (Wildman–Crippen LogP) is 2.46. The van der Waals surface area contributed by atoms with E-state index in [4.69, 9.17) is 0 Å². The SMILES string of the molecule is CC(O)CCN1CC(C)Cc2ccccc21. The molecule has 2 atom stereocenters. The van der Waals surface area contributed by atoms with Crippen LogP contribution in [0, 0.1) is 5.92 Å². The lowest BCUT2D eigenvalue weighted by molar-refractivity contribution is 0.186. The molecule has 2 rings (SSSR count). The van der Waals surface area contributed by atoms with Gasteiger partial charge in [0.2, 0.25) is 0 Å². The first kappa shape index (κ1) is 11.5. The van der Waals surface area contributed by atoms with Gasteiger partial charge >= 0.3 is 0 Å². The molecule has 1 N–H and O–H groups in total. The van der Waals surface area contributed by atoms with Gasteiger partial charge in [-0.15, -0.1) is 0 Å². The Bertz CT molecular complexity index is 348. The quantitative estimate of drug-likeness (QED) is 0.844. The Balaban J connectivity index is 2.13. The second kappa shape index (κ2) is 4.88. The van der Waals surface area contributed by atoms with Crippen molar-refractivity contribution < 1.29 is 5.11 Å². The summed E-state index contributed by atoms with van der Waals surface area (Å²) in [7, 11) is 0. The van der Waals surface area contributed by atoms with Crippen LogP contribution in [-0.4, -0.2) is 24.3 Å². The van der Waals surface area contributed by atoms with Crippen LogP contribution in [0.4, 0.5) is 5.69 Å². The molecule has 0 saturated heterocycles. The van der Waals surface area contributed by atoms with E-state index in [-0.39, 0.29) is 6.10 Å². The van der Waals surface area contributed by atoms with Gasteiger partial charge in [-0.3, -0.25) is 0 Å². The number of fused-ring (bicyclic) bond motifs is 1. The smallest absolute Gasteiger partial charge is 0.0528 e. The van der Waals surface area contributed by atoms with Crippen LogP contribution in [0.5, 0.6) is 0 Å². The summed E-state index contributed by atoms with van der Waals surface area (Å²) in [5.74, 6) is 0.712. The van der Waals surface area contributed by atoms with Crippen LogP contribution in [-0.2, 0) is 6.42 Å². The molecule has 0 aliphatic carbocycles. The van der Waals surface area contributed by atoms with Crippen molar-refractivity contribution in [1.29, 1.82) is 0 Å². The maximum Gasteiger partial charge on any atom is 0.0528 e. The highest BCUT2D eigenvalue weighted by Crippen LogP contribution is 2.29. The van der Waals surface area contributed by atoms with Crippen LogP contribution in [0.15, 0.2) is 24.3 Å². The third-order valence-corrected chi connectivity index (χ3v) is 3.25. The zero-order chi connectivity index (χ0) is 11.5. The van der Waals surface area contributed by atoms with Gasteiger partial charge < -0.3 is 10.0 Å². The van der Waals surface area contributed by atoms with E-state index in [1.165, 1.54) is 17.7 Å². The lowest BCUT2D eigenvalue weighted by Crippen LogP contribution is -2.36. The second-order valence-corrected chi connectivity index (χ2v) is 5.02. The molecule has 2 heteroatoms. The number of benzene rings is 1. The van der Waals surface area contributed by atoms with E-state index >= 15 is 0 Å². The summed E-state index contributed by atoms with van der Waals surface area (Å²) in [5, 5.41) is 9.37. The van der Waals surface area contributed by atoms with E-state index in [0.717, 1.165) is 19.5 Å². The lowest BCUT2D eigenvalue weighted by Gasteiger charge is -2.35. The van der Waals surface area contributed by atoms with E-state index in [9.17, 15) is 5.11 Å². The zero-order valence-electron chi connectivity index (χ0n) is 10.2. The molecule has 0 bridgehead atoms. The predicted molar refractivity (Wildman–Crippen MR) is 67.8 cm³/mol. The fourth-order valence-electron chi connectivity index (χ4n) is 2.46. The van der Waals surface area contributed by atoms with Gasteiger partial charge in [-0.25, -0.2) is 0 Å². The number of nitrogens with zero attached hydrogens (tertiary/aromatic N) is 1. The van der Waals surface area contributed by atoms with Gasteiger partial charge in [0.1, 0.15) is 0 Å². The van der Waals surface area contributed by atoms with Gasteiger partial charge in [0, 0.05) is 18.8 Å². The van der Waals surface area contributed by atoms with Crippen molar-refractivity contribution in [2.75, 3.05) is 18.0 Å². The summed E-state index contributed by atoms with van der Waals surface area (Å²) < 4.78 is 0. The molecule has 2 nitrogen and oxygen atoms in total. The maximum atomic E-state index is 9.37. The number of aliphatic hydroxyl groups is 1. The summed E-state index contributed by atoms with van der Waals surface area (Å²) in [6.45, 7) is 6.23. The second-order valence-electron chi connectivity index (χ2n) is 5.02. The highest BCUT2D eigenvalue weighted by molar-refractivity contribution is 5.55. The fourth-order valence-corrected chi connectivity index (χ4v) is 2.46. The van der Waals surface area contributed by atoms with Crippen molar-refractivity contribution in [3.05, 3.63) is 29.8 Å². The molecule has 88 valence electrons. The molecule has 1 aromatic rings. The number of para-hydroxylation sites is 1. The summed E-state index contributed by atoms with van der Waals surface area (Å²) in [6, 6.07) is 8.64.